The summed E-state index contributed by atoms with van der Waals surface area (Å²) in [6, 6.07) is 0.595. The third kappa shape index (κ3) is 6.38. The van der Waals surface area contributed by atoms with Gasteiger partial charge >= 0.3 is 0 Å². The average molecular weight is 253 g/mol. The Labute approximate surface area is 112 Å². The molecule has 2 heteroatoms. The first-order valence-electron chi connectivity index (χ1n) is 6.88. The normalized spacial score (nSPS) is 22.0. The molecule has 0 aromatic heterocycles. The zero-order valence-electron chi connectivity index (χ0n) is 11.8. The second-order valence-electron chi connectivity index (χ2n) is 5.87. The fraction of sp³-hybridized carbons (Fsp3) is 0.867. The Morgan fingerprint density at radius 1 is 1.41 bits per heavy atom. The van der Waals surface area contributed by atoms with E-state index in [1.54, 1.807) is 0 Å². The van der Waals surface area contributed by atoms with Gasteiger partial charge in [0.1, 0.15) is 0 Å². The fourth-order valence-corrected chi connectivity index (χ4v) is 3.41. The molecule has 0 aromatic rings. The van der Waals surface area contributed by atoms with Crippen LogP contribution in [0.15, 0.2) is 0 Å². The number of rotatable bonds is 5. The van der Waals surface area contributed by atoms with E-state index < -0.39 is 0 Å². The van der Waals surface area contributed by atoms with Crippen molar-refractivity contribution in [2.75, 3.05) is 12.3 Å². The molecule has 98 valence electrons. The molecule has 0 aromatic carbocycles. The predicted octanol–water partition coefficient (Wildman–Crippen LogP) is 3.69. The van der Waals surface area contributed by atoms with E-state index in [4.69, 9.17) is 0 Å². The van der Waals surface area contributed by atoms with Crippen LogP contribution in [0.4, 0.5) is 0 Å². The molecule has 0 amide bonds. The Hall–Kier alpha value is -0.130. The monoisotopic (exact) mass is 253 g/mol. The molecular formula is C15H27NS. The second kappa shape index (κ2) is 7.34. The lowest BCUT2D eigenvalue weighted by Crippen LogP contribution is -2.37. The van der Waals surface area contributed by atoms with Gasteiger partial charge in [0.2, 0.25) is 0 Å². The molecule has 1 fully saturated rings. The van der Waals surface area contributed by atoms with Gasteiger partial charge in [-0.05, 0) is 52.3 Å². The van der Waals surface area contributed by atoms with Crippen molar-refractivity contribution in [3.05, 3.63) is 0 Å². The maximum atomic E-state index is 3.67. The molecule has 1 aliphatic rings. The molecule has 0 bridgehead atoms. The molecule has 0 aliphatic carbocycles. The summed E-state index contributed by atoms with van der Waals surface area (Å²) in [4.78, 5) is 0. The van der Waals surface area contributed by atoms with Crippen molar-refractivity contribution < 1.29 is 0 Å². The summed E-state index contributed by atoms with van der Waals surface area (Å²) >= 11 is 2.13. The van der Waals surface area contributed by atoms with Crippen LogP contribution in [0.1, 0.15) is 53.4 Å². The van der Waals surface area contributed by atoms with Crippen LogP contribution in [0, 0.1) is 17.3 Å². The van der Waals surface area contributed by atoms with Crippen LogP contribution in [0.3, 0.4) is 0 Å². The first-order chi connectivity index (χ1) is 8.03. The van der Waals surface area contributed by atoms with Gasteiger partial charge in [-0.1, -0.05) is 12.8 Å². The molecule has 1 saturated heterocycles. The Morgan fingerprint density at radius 3 is 2.71 bits per heavy atom. The van der Waals surface area contributed by atoms with E-state index >= 15 is 0 Å². The molecule has 1 heterocycles. The molecule has 1 aliphatic heterocycles. The Kier molecular flexibility index (Phi) is 6.44. The van der Waals surface area contributed by atoms with Crippen LogP contribution in [-0.2, 0) is 0 Å². The van der Waals surface area contributed by atoms with Crippen LogP contribution in [0.25, 0.3) is 0 Å². The lowest BCUT2D eigenvalue weighted by molar-refractivity contribution is 0.491. The van der Waals surface area contributed by atoms with Gasteiger partial charge in [0.15, 0.2) is 0 Å². The van der Waals surface area contributed by atoms with Gasteiger partial charge in [-0.15, -0.1) is 5.92 Å². The van der Waals surface area contributed by atoms with Crippen LogP contribution < -0.4 is 5.32 Å². The number of nitrogens with one attached hydrogen (secondary N) is 1. The SMILES string of the molecule is CCCNC(CC#CC(C)(C)C)C1CCCS1. The van der Waals surface area contributed by atoms with Gasteiger partial charge in [-0.2, -0.15) is 11.8 Å². The van der Waals surface area contributed by atoms with Gasteiger partial charge in [-0.3, -0.25) is 0 Å². The molecule has 1 rings (SSSR count). The lowest BCUT2D eigenvalue weighted by Gasteiger charge is -2.22. The molecule has 1 N–H and O–H groups in total. The van der Waals surface area contributed by atoms with Crippen molar-refractivity contribution in [2.24, 2.45) is 5.41 Å². The fourth-order valence-electron chi connectivity index (χ4n) is 2.01. The summed E-state index contributed by atoms with van der Waals surface area (Å²) in [5.41, 5.74) is 0.137. The van der Waals surface area contributed by atoms with Crippen molar-refractivity contribution in [2.45, 2.75) is 64.7 Å². The first-order valence-corrected chi connectivity index (χ1v) is 7.93. The summed E-state index contributed by atoms with van der Waals surface area (Å²) in [7, 11) is 0. The lowest BCUT2D eigenvalue weighted by atomic mass is 9.97. The minimum atomic E-state index is 0.137. The van der Waals surface area contributed by atoms with Gasteiger partial charge in [-0.25, -0.2) is 0 Å². The highest BCUT2D eigenvalue weighted by Gasteiger charge is 2.24. The molecule has 0 spiro atoms. The van der Waals surface area contributed by atoms with Crippen molar-refractivity contribution >= 4 is 11.8 Å². The van der Waals surface area contributed by atoms with Crippen molar-refractivity contribution in [3.63, 3.8) is 0 Å². The maximum absolute atomic E-state index is 3.67. The average Bonchev–Trinajstić information content (AvgIpc) is 2.74. The number of hydrogen-bond donors (Lipinski definition) is 1. The van der Waals surface area contributed by atoms with Gasteiger partial charge in [0.25, 0.3) is 0 Å². The molecule has 2 atom stereocenters. The zero-order chi connectivity index (χ0) is 12.7. The van der Waals surface area contributed by atoms with E-state index in [-0.39, 0.29) is 5.41 Å². The molecular weight excluding hydrogens is 226 g/mol. The Bertz CT molecular complexity index is 263. The topological polar surface area (TPSA) is 12.0 Å². The van der Waals surface area contributed by atoms with Crippen LogP contribution in [-0.4, -0.2) is 23.6 Å². The maximum Gasteiger partial charge on any atom is 0.0295 e. The highest BCUT2D eigenvalue weighted by molar-refractivity contribution is 8.00. The van der Waals surface area contributed by atoms with E-state index in [1.807, 2.05) is 0 Å². The minimum absolute atomic E-state index is 0.137. The summed E-state index contributed by atoms with van der Waals surface area (Å²) in [6.07, 6.45) is 4.96. The van der Waals surface area contributed by atoms with Crippen molar-refractivity contribution in [1.82, 2.24) is 5.32 Å². The third-order valence-corrected chi connectivity index (χ3v) is 4.37. The Balaban J connectivity index is 2.47. The van der Waals surface area contributed by atoms with E-state index in [9.17, 15) is 0 Å². The van der Waals surface area contributed by atoms with E-state index in [2.05, 4.69) is 56.6 Å². The molecule has 0 saturated carbocycles. The zero-order valence-corrected chi connectivity index (χ0v) is 12.6. The van der Waals surface area contributed by atoms with E-state index in [1.165, 1.54) is 25.0 Å². The van der Waals surface area contributed by atoms with E-state index in [0.29, 0.717) is 6.04 Å². The summed E-state index contributed by atoms with van der Waals surface area (Å²) in [6.45, 7) is 9.89. The van der Waals surface area contributed by atoms with Crippen LogP contribution >= 0.6 is 11.8 Å². The largest absolute Gasteiger partial charge is 0.312 e. The standard InChI is InChI=1S/C15H27NS/c1-5-11-16-13(14-9-7-12-17-14)8-6-10-15(2,3)4/h13-14,16H,5,7-9,11-12H2,1-4H3. The summed E-state index contributed by atoms with van der Waals surface area (Å²) in [5, 5.41) is 4.46. The summed E-state index contributed by atoms with van der Waals surface area (Å²) < 4.78 is 0. The molecule has 17 heavy (non-hydrogen) atoms. The smallest absolute Gasteiger partial charge is 0.0295 e. The quantitative estimate of drug-likeness (QED) is 0.750. The van der Waals surface area contributed by atoms with Crippen LogP contribution in [0.2, 0.25) is 0 Å². The predicted molar refractivity (Wildman–Crippen MR) is 79.4 cm³/mol. The van der Waals surface area contributed by atoms with Crippen molar-refractivity contribution in [1.29, 1.82) is 0 Å². The Morgan fingerprint density at radius 2 is 2.18 bits per heavy atom. The van der Waals surface area contributed by atoms with E-state index in [0.717, 1.165) is 18.2 Å². The van der Waals surface area contributed by atoms with Crippen LogP contribution in [0.5, 0.6) is 0 Å². The van der Waals surface area contributed by atoms with Gasteiger partial charge in [0, 0.05) is 23.1 Å². The number of hydrogen-bond acceptors (Lipinski definition) is 2. The van der Waals surface area contributed by atoms with Gasteiger partial charge in [0.05, 0.1) is 0 Å². The highest BCUT2D eigenvalue weighted by Crippen LogP contribution is 2.29. The van der Waals surface area contributed by atoms with Crippen molar-refractivity contribution in [3.8, 4) is 11.8 Å². The summed E-state index contributed by atoms with van der Waals surface area (Å²) in [5.74, 6) is 8.07. The molecule has 1 nitrogen and oxygen atoms in total. The molecule has 0 radical (unpaired) electrons. The minimum Gasteiger partial charge on any atom is -0.312 e. The highest BCUT2D eigenvalue weighted by atomic mass is 32.2. The molecule has 2 unspecified atom stereocenters. The van der Waals surface area contributed by atoms with Gasteiger partial charge < -0.3 is 5.32 Å². The first kappa shape index (κ1) is 14.9. The number of thioether (sulfide) groups is 1. The second-order valence-corrected chi connectivity index (χ2v) is 7.22. The third-order valence-electron chi connectivity index (χ3n) is 2.86.